The van der Waals surface area contributed by atoms with E-state index in [2.05, 4.69) is 29.2 Å². The van der Waals surface area contributed by atoms with Crippen molar-refractivity contribution in [2.75, 3.05) is 25.0 Å². The minimum atomic E-state index is -4.52. The fourth-order valence-electron chi connectivity index (χ4n) is 5.05. The molecule has 1 N–H and O–H groups in total. The molecule has 2 aliphatic rings. The number of halogens is 3. The third-order valence-electron chi connectivity index (χ3n) is 6.92. The van der Waals surface area contributed by atoms with Gasteiger partial charge < -0.3 is 10.2 Å². The molecule has 0 unspecified atom stereocenters. The average Bonchev–Trinajstić information content (AvgIpc) is 3.38. The highest BCUT2D eigenvalue weighted by atomic mass is 19.4. The Balaban J connectivity index is 1.57. The van der Waals surface area contributed by atoms with Gasteiger partial charge in [0.25, 0.3) is 0 Å². The number of rotatable bonds is 5. The second kappa shape index (κ2) is 10.4. The van der Waals surface area contributed by atoms with Crippen molar-refractivity contribution in [3.8, 4) is 0 Å². The highest BCUT2D eigenvalue weighted by Crippen LogP contribution is 2.30. The van der Waals surface area contributed by atoms with Crippen molar-refractivity contribution in [2.24, 2.45) is 5.92 Å². The SMILES string of the molecule is CC(C)CCN1[C@H]2CCNc3ccccc3CN(C(=O)Cn3ccc(C(F)(F)F)n3)C[C@@H]1CC2. The predicted octanol–water partition coefficient (Wildman–Crippen LogP) is 4.63. The fourth-order valence-corrected chi connectivity index (χ4v) is 5.05. The summed E-state index contributed by atoms with van der Waals surface area (Å²) in [6.45, 7) is 7.07. The van der Waals surface area contributed by atoms with Crippen molar-refractivity contribution in [3.05, 3.63) is 47.8 Å². The molecular formula is C25H34F3N5O. The smallest absolute Gasteiger partial charge is 0.385 e. The zero-order valence-corrected chi connectivity index (χ0v) is 19.9. The second-order valence-electron chi connectivity index (χ2n) is 9.85. The third-order valence-corrected chi connectivity index (χ3v) is 6.92. The van der Waals surface area contributed by atoms with Gasteiger partial charge in [-0.25, -0.2) is 0 Å². The van der Waals surface area contributed by atoms with Crippen molar-refractivity contribution in [2.45, 2.75) is 70.9 Å². The lowest BCUT2D eigenvalue weighted by atomic mass is 10.1. The second-order valence-corrected chi connectivity index (χ2v) is 9.85. The maximum atomic E-state index is 13.4. The summed E-state index contributed by atoms with van der Waals surface area (Å²) in [7, 11) is 0. The van der Waals surface area contributed by atoms with Crippen LogP contribution >= 0.6 is 0 Å². The molecule has 4 rings (SSSR count). The van der Waals surface area contributed by atoms with Crippen LogP contribution < -0.4 is 5.32 Å². The number of alkyl halides is 3. The number of nitrogens with one attached hydrogen (secondary N) is 1. The zero-order chi connectivity index (χ0) is 24.3. The van der Waals surface area contributed by atoms with Gasteiger partial charge in [-0.3, -0.25) is 14.4 Å². The van der Waals surface area contributed by atoms with Crippen LogP contribution in [0, 0.1) is 5.92 Å². The molecule has 2 aliphatic heterocycles. The van der Waals surface area contributed by atoms with Crippen LogP contribution in [0.4, 0.5) is 18.9 Å². The minimum Gasteiger partial charge on any atom is -0.385 e. The van der Waals surface area contributed by atoms with E-state index in [-0.39, 0.29) is 18.5 Å². The Morgan fingerprint density at radius 2 is 1.91 bits per heavy atom. The number of benzene rings is 1. The highest BCUT2D eigenvalue weighted by molar-refractivity contribution is 5.76. The van der Waals surface area contributed by atoms with Crippen LogP contribution in [-0.2, 0) is 24.1 Å². The van der Waals surface area contributed by atoms with E-state index in [1.165, 1.54) is 6.20 Å². The van der Waals surface area contributed by atoms with Crippen molar-refractivity contribution < 1.29 is 18.0 Å². The Labute approximate surface area is 199 Å². The molecule has 0 saturated carbocycles. The van der Waals surface area contributed by atoms with Crippen LogP contribution in [0.5, 0.6) is 0 Å². The van der Waals surface area contributed by atoms with Gasteiger partial charge in [-0.05, 0) is 55.8 Å². The highest BCUT2D eigenvalue weighted by Gasteiger charge is 2.36. The lowest BCUT2D eigenvalue weighted by Crippen LogP contribution is -2.46. The number of nitrogens with zero attached hydrogens (tertiary/aromatic N) is 4. The predicted molar refractivity (Wildman–Crippen MR) is 125 cm³/mol. The number of carbonyl (C=O) groups is 1. The largest absolute Gasteiger partial charge is 0.435 e. The van der Waals surface area contributed by atoms with E-state index in [1.54, 1.807) is 4.90 Å². The molecule has 1 saturated heterocycles. The summed E-state index contributed by atoms with van der Waals surface area (Å²) in [5.41, 5.74) is 1.04. The van der Waals surface area contributed by atoms with Crippen molar-refractivity contribution in [1.29, 1.82) is 0 Å². The van der Waals surface area contributed by atoms with E-state index >= 15 is 0 Å². The maximum absolute atomic E-state index is 13.4. The van der Waals surface area contributed by atoms with Gasteiger partial charge >= 0.3 is 6.18 Å². The molecule has 1 fully saturated rings. The quantitative estimate of drug-likeness (QED) is 0.683. The summed E-state index contributed by atoms with van der Waals surface area (Å²) in [5.74, 6) is 0.374. The van der Waals surface area contributed by atoms with Gasteiger partial charge in [0.1, 0.15) is 6.54 Å². The van der Waals surface area contributed by atoms with Gasteiger partial charge in [0, 0.05) is 43.6 Å². The number of anilines is 1. The molecule has 1 aromatic heterocycles. The average molecular weight is 478 g/mol. The summed E-state index contributed by atoms with van der Waals surface area (Å²) in [6.07, 6.45) is 0.968. The van der Waals surface area contributed by atoms with Crippen molar-refractivity contribution >= 4 is 11.6 Å². The molecular weight excluding hydrogens is 443 g/mol. The Bertz CT molecular complexity index is 973. The Morgan fingerprint density at radius 3 is 2.65 bits per heavy atom. The van der Waals surface area contributed by atoms with Crippen LogP contribution in [-0.4, -0.2) is 57.2 Å². The van der Waals surface area contributed by atoms with Gasteiger partial charge in [-0.15, -0.1) is 0 Å². The van der Waals surface area contributed by atoms with Crippen LogP contribution in [0.15, 0.2) is 36.5 Å². The fraction of sp³-hybridized carbons (Fsp3) is 0.600. The molecule has 1 amide bonds. The molecule has 3 heterocycles. The van der Waals surface area contributed by atoms with Crippen molar-refractivity contribution in [3.63, 3.8) is 0 Å². The first-order valence-corrected chi connectivity index (χ1v) is 12.2. The molecule has 9 heteroatoms. The molecule has 34 heavy (non-hydrogen) atoms. The molecule has 1 aromatic carbocycles. The summed E-state index contributed by atoms with van der Waals surface area (Å²) in [5, 5.41) is 7.13. The van der Waals surface area contributed by atoms with Crippen LogP contribution in [0.1, 0.15) is 50.8 Å². The van der Waals surface area contributed by atoms with E-state index < -0.39 is 11.9 Å². The summed E-state index contributed by atoms with van der Waals surface area (Å²) in [6, 6.07) is 9.58. The Kier molecular flexibility index (Phi) is 7.50. The lowest BCUT2D eigenvalue weighted by Gasteiger charge is -2.34. The Hall–Kier alpha value is -2.55. The van der Waals surface area contributed by atoms with Gasteiger partial charge in [-0.2, -0.15) is 18.3 Å². The molecule has 6 nitrogen and oxygen atoms in total. The normalized spacial score (nSPS) is 21.8. The monoisotopic (exact) mass is 477 g/mol. The lowest BCUT2D eigenvalue weighted by molar-refractivity contribution is -0.142. The first kappa shape index (κ1) is 24.6. The molecule has 2 aromatic rings. The number of para-hydroxylation sites is 1. The molecule has 0 spiro atoms. The van der Waals surface area contributed by atoms with Gasteiger partial charge in [0.2, 0.25) is 5.91 Å². The summed E-state index contributed by atoms with van der Waals surface area (Å²) in [4.78, 5) is 17.7. The maximum Gasteiger partial charge on any atom is 0.435 e. The van der Waals surface area contributed by atoms with E-state index in [1.807, 2.05) is 24.3 Å². The molecule has 2 bridgehead atoms. The van der Waals surface area contributed by atoms with Gasteiger partial charge in [0.05, 0.1) is 0 Å². The van der Waals surface area contributed by atoms with Crippen LogP contribution in [0.25, 0.3) is 0 Å². The van der Waals surface area contributed by atoms with E-state index in [0.29, 0.717) is 25.0 Å². The van der Waals surface area contributed by atoms with Crippen LogP contribution in [0.3, 0.4) is 0 Å². The number of aromatic nitrogens is 2. The van der Waals surface area contributed by atoms with Crippen LogP contribution in [0.2, 0.25) is 0 Å². The molecule has 0 radical (unpaired) electrons. The number of fused-ring (bicyclic) bond motifs is 3. The molecule has 2 atom stereocenters. The summed E-state index contributed by atoms with van der Waals surface area (Å²) < 4.78 is 40.0. The summed E-state index contributed by atoms with van der Waals surface area (Å²) >= 11 is 0. The minimum absolute atomic E-state index is 0.214. The number of hydrogen-bond acceptors (Lipinski definition) is 4. The van der Waals surface area contributed by atoms with E-state index in [9.17, 15) is 18.0 Å². The Morgan fingerprint density at radius 1 is 1.15 bits per heavy atom. The van der Waals surface area contributed by atoms with Gasteiger partial charge in [0.15, 0.2) is 5.69 Å². The van der Waals surface area contributed by atoms with E-state index in [0.717, 1.165) is 60.8 Å². The third kappa shape index (κ3) is 5.92. The van der Waals surface area contributed by atoms with E-state index in [4.69, 9.17) is 0 Å². The number of amides is 1. The van der Waals surface area contributed by atoms with Crippen molar-refractivity contribution in [1.82, 2.24) is 19.6 Å². The number of hydrogen-bond donors (Lipinski definition) is 1. The first-order chi connectivity index (χ1) is 16.2. The first-order valence-electron chi connectivity index (χ1n) is 12.2. The van der Waals surface area contributed by atoms with Gasteiger partial charge in [-0.1, -0.05) is 32.0 Å². The standard InChI is InChI=1S/C25H34F3N5O/c1-18(2)10-14-33-20-7-8-21(33)16-31(15-19-5-3-4-6-22(19)29-12-9-20)24(34)17-32-13-11-23(30-32)25(26,27)28/h3-6,11,13,18,20-21,29H,7-10,12,14-17H2,1-2H3/t20-,21+/m1/s1. The molecule has 186 valence electrons. The number of carbonyl (C=O) groups excluding carboxylic acids is 1. The zero-order valence-electron chi connectivity index (χ0n) is 19.9. The molecule has 0 aliphatic carbocycles. The topological polar surface area (TPSA) is 53.4 Å².